The summed E-state index contributed by atoms with van der Waals surface area (Å²) in [6, 6.07) is 8.36. The summed E-state index contributed by atoms with van der Waals surface area (Å²) >= 11 is 0. The molecule has 0 saturated heterocycles. The molecule has 0 aromatic heterocycles. The largest absolute Gasteiger partial charge is 0.461 e. The van der Waals surface area contributed by atoms with Crippen molar-refractivity contribution in [1.82, 2.24) is 16.0 Å². The maximum atomic E-state index is 13.4. The van der Waals surface area contributed by atoms with E-state index in [0.717, 1.165) is 63.6 Å². The van der Waals surface area contributed by atoms with Crippen LogP contribution < -0.4 is 16.0 Å². The Bertz CT molecular complexity index is 2280. The number of amides is 3. The van der Waals surface area contributed by atoms with E-state index < -0.39 is 46.6 Å². The van der Waals surface area contributed by atoms with Gasteiger partial charge in [0.05, 0.1) is 99.0 Å². The SMILES string of the molecule is CC(C)(C)OC(=O)CCCCCCCCCCCCCCCCC(=O)C[C@@H](CCC(=O)N[C@@H](CCC(=O)NCCOCCOCC(=O)NCCOCCOCC(=O)CCC[N+](C)(C)CCOCCOCCC(=O)OCc1ccccc1)C(=O)OC(C)(C)C)C(=O)OC(C)(C)C. The van der Waals surface area contributed by atoms with Gasteiger partial charge in [0.2, 0.25) is 17.7 Å². The summed E-state index contributed by atoms with van der Waals surface area (Å²) in [5.74, 6) is -3.83. The van der Waals surface area contributed by atoms with Crippen LogP contribution in [0.25, 0.3) is 0 Å². The highest BCUT2D eigenvalue weighted by Gasteiger charge is 2.31. The number of nitrogens with zero attached hydrogens (tertiary/aromatic N) is 1. The van der Waals surface area contributed by atoms with E-state index in [1.165, 1.54) is 44.9 Å². The van der Waals surface area contributed by atoms with Crippen molar-refractivity contribution in [2.24, 2.45) is 5.92 Å². The molecule has 0 aliphatic rings. The van der Waals surface area contributed by atoms with Gasteiger partial charge in [0.15, 0.2) is 5.78 Å². The molecule has 3 N–H and O–H groups in total. The van der Waals surface area contributed by atoms with Crippen molar-refractivity contribution in [2.45, 2.75) is 246 Å². The Morgan fingerprint density at radius 3 is 1.43 bits per heavy atom. The fourth-order valence-corrected chi connectivity index (χ4v) is 9.58. The smallest absolute Gasteiger partial charge is 0.329 e. The quantitative estimate of drug-likeness (QED) is 0.0237. The van der Waals surface area contributed by atoms with Crippen molar-refractivity contribution in [1.29, 1.82) is 0 Å². The number of Topliss-reactive ketones (excluding diaryl/α,β-unsaturated/α-hetero) is 2. The molecular weight excluding hydrogens is 1220 g/mol. The molecule has 0 radical (unpaired) electrons. The predicted octanol–water partition coefficient (Wildman–Crippen LogP) is 9.76. The second-order valence-electron chi connectivity index (χ2n) is 27.9. The molecule has 1 aromatic carbocycles. The van der Waals surface area contributed by atoms with E-state index in [-0.39, 0.29) is 153 Å². The minimum atomic E-state index is -1.15. The highest BCUT2D eigenvalue weighted by Crippen LogP contribution is 2.22. The van der Waals surface area contributed by atoms with E-state index in [2.05, 4.69) is 30.0 Å². The summed E-state index contributed by atoms with van der Waals surface area (Å²) < 4.78 is 55.6. The molecule has 0 spiro atoms. The zero-order valence-electron chi connectivity index (χ0n) is 60.2. The Morgan fingerprint density at radius 2 is 0.874 bits per heavy atom. The van der Waals surface area contributed by atoms with E-state index >= 15 is 0 Å². The van der Waals surface area contributed by atoms with Gasteiger partial charge in [0.25, 0.3) is 0 Å². The minimum absolute atomic E-state index is 0.00278. The van der Waals surface area contributed by atoms with E-state index in [0.29, 0.717) is 50.0 Å². The molecule has 546 valence electrons. The number of likely N-dealkylation sites (N-methyl/N-ethyl adjacent to an activating group) is 1. The zero-order chi connectivity index (χ0) is 70.6. The predicted molar refractivity (Wildman–Crippen MR) is 363 cm³/mol. The lowest BCUT2D eigenvalue weighted by molar-refractivity contribution is -0.890. The van der Waals surface area contributed by atoms with Crippen LogP contribution in [-0.2, 0) is 97.1 Å². The number of hydrogen-bond donors (Lipinski definition) is 3. The monoisotopic (exact) mass is 1350 g/mol. The molecule has 0 heterocycles. The van der Waals surface area contributed by atoms with Gasteiger partial charge in [-0.2, -0.15) is 0 Å². The minimum Gasteiger partial charge on any atom is -0.461 e. The Kier molecular flexibility index (Phi) is 48.5. The number of ether oxygens (including phenoxy) is 10. The number of esters is 4. The normalized spacial score (nSPS) is 12.5. The van der Waals surface area contributed by atoms with E-state index in [4.69, 9.17) is 47.4 Å². The van der Waals surface area contributed by atoms with E-state index in [1.54, 1.807) is 41.5 Å². The molecular formula is C72H125N4O19+. The number of carbonyl (C=O) groups excluding carboxylic acids is 9. The summed E-state index contributed by atoms with van der Waals surface area (Å²) in [6.07, 6.45) is 17.2. The van der Waals surface area contributed by atoms with Crippen LogP contribution in [0.2, 0.25) is 0 Å². The first-order valence-electron chi connectivity index (χ1n) is 35.0. The number of nitrogens with one attached hydrogen (secondary N) is 3. The molecule has 0 unspecified atom stereocenters. The van der Waals surface area contributed by atoms with Crippen molar-refractivity contribution in [3.8, 4) is 0 Å². The van der Waals surface area contributed by atoms with Gasteiger partial charge in [-0.3, -0.25) is 38.4 Å². The van der Waals surface area contributed by atoms with Crippen LogP contribution in [-0.4, -0.2) is 200 Å². The van der Waals surface area contributed by atoms with Crippen molar-refractivity contribution in [3.63, 3.8) is 0 Å². The summed E-state index contributed by atoms with van der Waals surface area (Å²) in [4.78, 5) is 114. The molecule has 2 atom stereocenters. The number of rotatable bonds is 59. The third-order valence-corrected chi connectivity index (χ3v) is 14.6. The Morgan fingerprint density at radius 1 is 0.411 bits per heavy atom. The zero-order valence-corrected chi connectivity index (χ0v) is 60.2. The standard InChI is InChI=1S/C72H124N4O19/c1-70(2,3)93-67(83)34-28-23-21-19-17-15-13-12-14-16-18-20-22-27-32-60(77)54-59(68(84)94-71(4,5)6)35-37-64(80)75-62(69(85)95-72(7,8)9)36-38-63(79)73-40-45-87-51-53-91-57-65(81)74-41-46-88-50-52-90-56-61(78)33-29-42-76(10,11)43-47-89-49-48-86-44-39-66(82)92-55-58-30-25-24-26-31-58/h24-26,30-31,59,62H,12-23,27-29,32-57H2,1-11H3,(H2-,73,74,75,79,80,81)/p+1/t59-,62+/m1/s1. The summed E-state index contributed by atoms with van der Waals surface area (Å²) in [5.41, 5.74) is -1.16. The molecule has 95 heavy (non-hydrogen) atoms. The molecule has 0 fully saturated rings. The van der Waals surface area contributed by atoms with Gasteiger partial charge in [0, 0.05) is 58.0 Å². The summed E-state index contributed by atoms with van der Waals surface area (Å²) in [6.45, 7) is 20.9. The summed E-state index contributed by atoms with van der Waals surface area (Å²) in [7, 11) is 4.18. The van der Waals surface area contributed by atoms with Gasteiger partial charge >= 0.3 is 23.9 Å². The van der Waals surface area contributed by atoms with Crippen LogP contribution >= 0.6 is 0 Å². The van der Waals surface area contributed by atoms with Gasteiger partial charge in [-0.25, -0.2) is 4.79 Å². The second kappa shape index (κ2) is 52.7. The molecule has 0 saturated carbocycles. The molecule has 1 rings (SSSR count). The molecule has 0 bridgehead atoms. The topological polar surface area (TPSA) is 282 Å². The van der Waals surface area contributed by atoms with Gasteiger partial charge in [-0.05, 0) is 93.6 Å². The van der Waals surface area contributed by atoms with Gasteiger partial charge in [-0.15, -0.1) is 0 Å². The van der Waals surface area contributed by atoms with Crippen molar-refractivity contribution in [3.05, 3.63) is 35.9 Å². The average Bonchev–Trinajstić information content (AvgIpc) is 3.55. The lowest BCUT2D eigenvalue weighted by Crippen LogP contribution is -2.45. The fourth-order valence-electron chi connectivity index (χ4n) is 9.58. The lowest BCUT2D eigenvalue weighted by atomic mass is 9.94. The van der Waals surface area contributed by atoms with Crippen LogP contribution in [0, 0.1) is 5.92 Å². The Hall–Kier alpha value is -5.43. The maximum absolute atomic E-state index is 13.4. The van der Waals surface area contributed by atoms with Crippen LogP contribution in [0.1, 0.15) is 222 Å². The molecule has 23 heteroatoms. The van der Waals surface area contributed by atoms with Crippen LogP contribution in [0.5, 0.6) is 0 Å². The lowest BCUT2D eigenvalue weighted by Gasteiger charge is -2.29. The molecule has 1 aromatic rings. The highest BCUT2D eigenvalue weighted by molar-refractivity contribution is 5.87. The third kappa shape index (κ3) is 56.3. The second-order valence-corrected chi connectivity index (χ2v) is 27.9. The molecule has 0 aliphatic heterocycles. The van der Waals surface area contributed by atoms with E-state index in [9.17, 15) is 43.2 Å². The van der Waals surface area contributed by atoms with Crippen molar-refractivity contribution >= 4 is 53.2 Å². The first-order chi connectivity index (χ1) is 45.0. The highest BCUT2D eigenvalue weighted by atomic mass is 16.6. The van der Waals surface area contributed by atoms with Crippen molar-refractivity contribution < 1.29 is 95.0 Å². The first kappa shape index (κ1) is 87.6. The number of unbranched alkanes of at least 4 members (excludes halogenated alkanes) is 13. The first-order valence-corrected chi connectivity index (χ1v) is 35.0. The van der Waals surface area contributed by atoms with Gasteiger partial charge in [0.1, 0.15) is 55.0 Å². The molecule has 3 amide bonds. The molecule has 0 aliphatic carbocycles. The van der Waals surface area contributed by atoms with Crippen LogP contribution in [0.3, 0.4) is 0 Å². The number of hydrogen-bond acceptors (Lipinski definition) is 19. The number of carbonyl (C=O) groups is 9. The van der Waals surface area contributed by atoms with Crippen LogP contribution in [0.15, 0.2) is 30.3 Å². The number of benzene rings is 1. The van der Waals surface area contributed by atoms with E-state index in [1.807, 2.05) is 51.1 Å². The van der Waals surface area contributed by atoms with Gasteiger partial charge in [-0.1, -0.05) is 107 Å². The number of quaternary nitrogens is 1. The third-order valence-electron chi connectivity index (χ3n) is 14.6. The fraction of sp³-hybridized carbons (Fsp3) is 0.792. The average molecular weight is 1350 g/mol. The Labute approximate surface area is 569 Å². The summed E-state index contributed by atoms with van der Waals surface area (Å²) in [5, 5.41) is 8.12. The maximum Gasteiger partial charge on any atom is 0.329 e. The van der Waals surface area contributed by atoms with Crippen molar-refractivity contribution in [2.75, 3.05) is 120 Å². The Balaban J connectivity index is 2.22. The molecule has 23 nitrogen and oxygen atoms in total. The van der Waals surface area contributed by atoms with Crippen LogP contribution in [0.4, 0.5) is 0 Å². The number of ketones is 2. The van der Waals surface area contributed by atoms with Gasteiger partial charge < -0.3 is 67.8 Å².